The van der Waals surface area contributed by atoms with Gasteiger partial charge in [0.1, 0.15) is 0 Å². The van der Waals surface area contributed by atoms with Gasteiger partial charge in [-0.05, 0) is 56.1 Å². The molecule has 1 aromatic carbocycles. The molecule has 3 fully saturated rings. The Balaban J connectivity index is 1.08. The molecule has 1 aliphatic carbocycles. The minimum Gasteiger partial charge on any atom is -0.403 e. The van der Waals surface area contributed by atoms with Gasteiger partial charge in [0.2, 0.25) is 11.8 Å². The second-order valence-electron chi connectivity index (χ2n) is 10.0. The number of hydrogen-bond donors (Lipinski definition) is 0. The van der Waals surface area contributed by atoms with Crippen molar-refractivity contribution in [2.75, 3.05) is 31.1 Å². The van der Waals surface area contributed by atoms with Crippen LogP contribution in [0.3, 0.4) is 0 Å². The van der Waals surface area contributed by atoms with E-state index in [1.807, 2.05) is 30.3 Å². The quantitative estimate of drug-likeness (QED) is 0.648. The summed E-state index contributed by atoms with van der Waals surface area (Å²) < 4.78 is 5.90. The lowest BCUT2D eigenvalue weighted by Crippen LogP contribution is -2.45. The third kappa shape index (κ3) is 5.00. The van der Waals surface area contributed by atoms with Crippen LogP contribution >= 0.6 is 0 Å². The van der Waals surface area contributed by atoms with Crippen LogP contribution in [-0.4, -0.2) is 47.2 Å². The zero-order valence-electron chi connectivity index (χ0n) is 19.1. The summed E-state index contributed by atoms with van der Waals surface area (Å²) in [6, 6.07) is 10.4. The molecule has 5 rings (SSSR count). The van der Waals surface area contributed by atoms with E-state index in [-0.39, 0.29) is 5.92 Å². The molecular formula is C26H36N4O2. The molecule has 0 bridgehead atoms. The van der Waals surface area contributed by atoms with Gasteiger partial charge in [-0.2, -0.15) is 0 Å². The second kappa shape index (κ2) is 10.1. The maximum atomic E-state index is 13.1. The van der Waals surface area contributed by atoms with Crippen molar-refractivity contribution >= 4 is 11.9 Å². The molecular weight excluding hydrogens is 400 g/mol. The molecule has 0 spiro atoms. The first kappa shape index (κ1) is 21.5. The maximum absolute atomic E-state index is 13.1. The van der Waals surface area contributed by atoms with Crippen LogP contribution in [0.2, 0.25) is 0 Å². The van der Waals surface area contributed by atoms with E-state index in [0.29, 0.717) is 17.8 Å². The third-order valence-electron chi connectivity index (χ3n) is 7.87. The standard InChI is InChI=1S/C26H36N4O2/c31-25(29-15-11-21(12-16-29)19-20-7-3-1-4-8-20)23-13-17-30(18-14-23)26-28-27-24(32-26)22-9-5-2-6-10-22/h2,5-6,9-10,20-21,23H,1,3-4,7-8,11-19H2. The first-order valence-electron chi connectivity index (χ1n) is 12.7. The lowest BCUT2D eigenvalue weighted by molar-refractivity contribution is -0.137. The van der Waals surface area contributed by atoms with E-state index in [1.165, 1.54) is 51.4 Å². The van der Waals surface area contributed by atoms with E-state index in [9.17, 15) is 4.79 Å². The van der Waals surface area contributed by atoms with E-state index in [0.717, 1.165) is 56.4 Å². The molecule has 2 aliphatic heterocycles. The molecule has 1 saturated carbocycles. The topological polar surface area (TPSA) is 62.5 Å². The molecule has 32 heavy (non-hydrogen) atoms. The van der Waals surface area contributed by atoms with Gasteiger partial charge in [-0.15, -0.1) is 5.10 Å². The molecule has 1 amide bonds. The summed E-state index contributed by atoms with van der Waals surface area (Å²) in [5.74, 6) is 2.84. The summed E-state index contributed by atoms with van der Waals surface area (Å²) in [7, 11) is 0. The van der Waals surface area contributed by atoms with Crippen LogP contribution in [0, 0.1) is 17.8 Å². The van der Waals surface area contributed by atoms with Gasteiger partial charge in [0.25, 0.3) is 0 Å². The van der Waals surface area contributed by atoms with Crippen molar-refractivity contribution in [1.82, 2.24) is 15.1 Å². The van der Waals surface area contributed by atoms with Gasteiger partial charge >= 0.3 is 6.01 Å². The lowest BCUT2D eigenvalue weighted by Gasteiger charge is -2.38. The Bertz CT molecular complexity index is 861. The van der Waals surface area contributed by atoms with E-state index in [2.05, 4.69) is 20.0 Å². The number of nitrogens with zero attached hydrogens (tertiary/aromatic N) is 4. The maximum Gasteiger partial charge on any atom is 0.318 e. The van der Waals surface area contributed by atoms with E-state index >= 15 is 0 Å². The van der Waals surface area contributed by atoms with Crippen molar-refractivity contribution in [3.05, 3.63) is 30.3 Å². The predicted octanol–water partition coefficient (Wildman–Crippen LogP) is 5.16. The number of amides is 1. The molecule has 0 atom stereocenters. The highest BCUT2D eigenvalue weighted by atomic mass is 16.4. The van der Waals surface area contributed by atoms with Crippen molar-refractivity contribution in [3.63, 3.8) is 0 Å². The second-order valence-corrected chi connectivity index (χ2v) is 10.0. The molecule has 2 aromatic rings. The normalized spacial score (nSPS) is 21.8. The Morgan fingerprint density at radius 1 is 0.844 bits per heavy atom. The van der Waals surface area contributed by atoms with Gasteiger partial charge in [-0.1, -0.05) is 55.4 Å². The smallest absolute Gasteiger partial charge is 0.318 e. The highest BCUT2D eigenvalue weighted by Crippen LogP contribution is 2.34. The Morgan fingerprint density at radius 3 is 2.25 bits per heavy atom. The van der Waals surface area contributed by atoms with Crippen molar-refractivity contribution in [3.8, 4) is 11.5 Å². The van der Waals surface area contributed by atoms with Gasteiger partial charge in [0.15, 0.2) is 0 Å². The van der Waals surface area contributed by atoms with Gasteiger partial charge < -0.3 is 14.2 Å². The molecule has 3 aliphatic rings. The van der Waals surface area contributed by atoms with Crippen molar-refractivity contribution < 1.29 is 9.21 Å². The molecule has 1 aromatic heterocycles. The minimum atomic E-state index is 0.137. The largest absolute Gasteiger partial charge is 0.403 e. The van der Waals surface area contributed by atoms with Crippen LogP contribution in [0.25, 0.3) is 11.5 Å². The molecule has 0 radical (unpaired) electrons. The van der Waals surface area contributed by atoms with Crippen molar-refractivity contribution in [1.29, 1.82) is 0 Å². The van der Waals surface area contributed by atoms with Crippen LogP contribution in [0.4, 0.5) is 6.01 Å². The summed E-state index contributed by atoms with van der Waals surface area (Å²) >= 11 is 0. The highest BCUT2D eigenvalue weighted by Gasteiger charge is 2.32. The van der Waals surface area contributed by atoms with Gasteiger partial charge in [0, 0.05) is 37.7 Å². The number of anilines is 1. The fourth-order valence-corrected chi connectivity index (χ4v) is 5.90. The van der Waals surface area contributed by atoms with Crippen LogP contribution in [0.15, 0.2) is 34.7 Å². The van der Waals surface area contributed by atoms with Crippen molar-refractivity contribution in [2.45, 2.75) is 64.2 Å². The monoisotopic (exact) mass is 436 g/mol. The fourth-order valence-electron chi connectivity index (χ4n) is 5.90. The summed E-state index contributed by atoms with van der Waals surface area (Å²) in [5, 5.41) is 8.45. The SMILES string of the molecule is O=C(C1CCN(c2nnc(-c3ccccc3)o2)CC1)N1CCC(CC2CCCCC2)CC1. The summed E-state index contributed by atoms with van der Waals surface area (Å²) in [6.07, 6.45) is 12.7. The van der Waals surface area contributed by atoms with Gasteiger partial charge in [-0.25, -0.2) is 0 Å². The van der Waals surface area contributed by atoms with E-state index in [4.69, 9.17) is 4.42 Å². The summed E-state index contributed by atoms with van der Waals surface area (Å²) in [6.45, 7) is 3.51. The first-order valence-corrected chi connectivity index (χ1v) is 12.7. The molecule has 0 unspecified atom stereocenters. The highest BCUT2D eigenvalue weighted by molar-refractivity contribution is 5.79. The summed E-state index contributed by atoms with van der Waals surface area (Å²) in [5.41, 5.74) is 0.934. The molecule has 6 nitrogen and oxygen atoms in total. The first-order chi connectivity index (χ1) is 15.8. The zero-order valence-corrected chi connectivity index (χ0v) is 19.1. The number of hydrogen-bond acceptors (Lipinski definition) is 5. The fraction of sp³-hybridized carbons (Fsp3) is 0.654. The van der Waals surface area contributed by atoms with Gasteiger partial charge in [-0.3, -0.25) is 4.79 Å². The number of benzene rings is 1. The summed E-state index contributed by atoms with van der Waals surface area (Å²) in [4.78, 5) is 17.4. The zero-order chi connectivity index (χ0) is 21.8. The van der Waals surface area contributed by atoms with Crippen LogP contribution in [0.1, 0.15) is 64.2 Å². The minimum absolute atomic E-state index is 0.137. The number of carbonyl (C=O) groups excluding carboxylic acids is 1. The Labute approximate surface area is 191 Å². The lowest BCUT2D eigenvalue weighted by atomic mass is 9.79. The van der Waals surface area contributed by atoms with E-state index in [1.54, 1.807) is 0 Å². The molecule has 0 N–H and O–H groups in total. The number of piperidine rings is 2. The van der Waals surface area contributed by atoms with Crippen molar-refractivity contribution in [2.24, 2.45) is 17.8 Å². The molecule has 2 saturated heterocycles. The van der Waals surface area contributed by atoms with Crippen LogP contribution in [0.5, 0.6) is 0 Å². The predicted molar refractivity (Wildman–Crippen MR) is 125 cm³/mol. The number of carbonyl (C=O) groups is 1. The van der Waals surface area contributed by atoms with E-state index < -0.39 is 0 Å². The van der Waals surface area contributed by atoms with Crippen LogP contribution in [-0.2, 0) is 4.79 Å². The molecule has 6 heteroatoms. The average Bonchev–Trinajstić information content (AvgIpc) is 3.36. The third-order valence-corrected chi connectivity index (χ3v) is 7.87. The Hall–Kier alpha value is -2.37. The number of likely N-dealkylation sites (tertiary alicyclic amines) is 1. The number of rotatable bonds is 5. The Kier molecular flexibility index (Phi) is 6.75. The van der Waals surface area contributed by atoms with Crippen LogP contribution < -0.4 is 4.90 Å². The molecule has 3 heterocycles. The molecule has 172 valence electrons. The van der Waals surface area contributed by atoms with Gasteiger partial charge in [0.05, 0.1) is 0 Å². The Morgan fingerprint density at radius 2 is 1.53 bits per heavy atom. The average molecular weight is 437 g/mol. The number of aromatic nitrogens is 2.